The average molecular weight is 222 g/mol. The lowest BCUT2D eigenvalue weighted by atomic mass is 10.2. The fraction of sp³-hybridized carbons (Fsp3) is 0.308. The average Bonchev–Trinajstić information content (AvgIpc) is 2.30. The van der Waals surface area contributed by atoms with E-state index in [2.05, 4.69) is 0 Å². The minimum absolute atomic E-state index is 0.844. The van der Waals surface area contributed by atoms with Gasteiger partial charge in [-0.15, -0.1) is 0 Å². The third kappa shape index (κ3) is 8.97. The Labute approximate surface area is 96.4 Å². The van der Waals surface area contributed by atoms with Crippen LogP contribution in [0.2, 0.25) is 0 Å². The van der Waals surface area contributed by atoms with Crippen molar-refractivity contribution in [2.24, 2.45) is 0 Å². The molecule has 0 saturated heterocycles. The molecule has 0 heterocycles. The van der Waals surface area contributed by atoms with Crippen LogP contribution in [-0.4, -0.2) is 24.3 Å². The van der Waals surface area contributed by atoms with Gasteiger partial charge in [0.15, 0.2) is 0 Å². The molecular weight excluding hydrogens is 204 g/mol. The topological polar surface area (TPSA) is 46.5 Å². The van der Waals surface area contributed by atoms with Crippen LogP contribution < -0.4 is 0 Å². The molecule has 0 aliphatic carbocycles. The fourth-order valence-corrected chi connectivity index (χ4v) is 0.936. The van der Waals surface area contributed by atoms with Gasteiger partial charge in [-0.3, -0.25) is 0 Å². The molecule has 0 saturated carbocycles. The van der Waals surface area contributed by atoms with Crippen LogP contribution >= 0.6 is 0 Å². The highest BCUT2D eigenvalue weighted by molar-refractivity contribution is 5.85. The van der Waals surface area contributed by atoms with Crippen molar-refractivity contribution in [2.45, 2.75) is 13.8 Å². The molecule has 3 heteroatoms. The van der Waals surface area contributed by atoms with Crippen molar-refractivity contribution < 1.29 is 14.6 Å². The Hall–Kier alpha value is -1.61. The summed E-state index contributed by atoms with van der Waals surface area (Å²) in [5.41, 5.74) is 0.898. The predicted molar refractivity (Wildman–Crippen MR) is 65.3 cm³/mol. The number of aliphatic carboxylic acids is 1. The number of carboxylic acids is 1. The summed E-state index contributed by atoms with van der Waals surface area (Å²) < 4.78 is 4.83. The maximum Gasteiger partial charge on any atom is 0.328 e. The molecule has 0 aromatic heterocycles. The van der Waals surface area contributed by atoms with Crippen LogP contribution in [0.5, 0.6) is 0 Å². The Morgan fingerprint density at radius 2 is 1.81 bits per heavy atom. The minimum Gasteiger partial charge on any atom is -0.478 e. The number of benzene rings is 1. The molecule has 3 nitrogen and oxygen atoms in total. The molecule has 0 fully saturated rings. The summed E-state index contributed by atoms with van der Waals surface area (Å²) in [4.78, 5) is 10.1. The van der Waals surface area contributed by atoms with Gasteiger partial charge < -0.3 is 9.84 Å². The van der Waals surface area contributed by atoms with Gasteiger partial charge in [-0.25, -0.2) is 4.79 Å². The Kier molecular flexibility index (Phi) is 8.93. The largest absolute Gasteiger partial charge is 0.478 e. The Morgan fingerprint density at radius 3 is 2.19 bits per heavy atom. The quantitative estimate of drug-likeness (QED) is 0.797. The highest BCUT2D eigenvalue weighted by Crippen LogP contribution is 1.99. The van der Waals surface area contributed by atoms with Crippen LogP contribution in [0.15, 0.2) is 36.4 Å². The van der Waals surface area contributed by atoms with E-state index in [4.69, 9.17) is 9.84 Å². The van der Waals surface area contributed by atoms with Crippen LogP contribution in [0.25, 0.3) is 6.08 Å². The van der Waals surface area contributed by atoms with Crippen molar-refractivity contribution in [1.82, 2.24) is 0 Å². The van der Waals surface area contributed by atoms with Crippen molar-refractivity contribution in [3.63, 3.8) is 0 Å². The van der Waals surface area contributed by atoms with E-state index in [1.807, 2.05) is 44.2 Å². The summed E-state index contributed by atoms with van der Waals surface area (Å²) in [5, 5.41) is 8.29. The van der Waals surface area contributed by atoms with E-state index < -0.39 is 5.97 Å². The van der Waals surface area contributed by atoms with E-state index in [0.717, 1.165) is 24.9 Å². The lowest BCUT2D eigenvalue weighted by Gasteiger charge is -1.87. The summed E-state index contributed by atoms with van der Waals surface area (Å²) in [6.45, 7) is 5.67. The molecule has 0 spiro atoms. The normalized spacial score (nSPS) is 9.62. The van der Waals surface area contributed by atoms with Crippen LogP contribution in [0.1, 0.15) is 19.4 Å². The molecule has 1 aromatic rings. The molecule has 0 amide bonds. The van der Waals surface area contributed by atoms with Crippen molar-refractivity contribution in [3.05, 3.63) is 42.0 Å². The standard InChI is InChI=1S/C9H8O2.C4H10O/c10-9(11)7-6-8-4-2-1-3-5-8;1-3-5-4-2/h1-7H,(H,10,11);3-4H2,1-2H3. The molecule has 0 atom stereocenters. The molecule has 0 aliphatic heterocycles. The van der Waals surface area contributed by atoms with Gasteiger partial charge in [0.1, 0.15) is 0 Å². The highest BCUT2D eigenvalue weighted by Gasteiger charge is 1.85. The molecule has 16 heavy (non-hydrogen) atoms. The molecule has 0 radical (unpaired) electrons. The van der Waals surface area contributed by atoms with E-state index in [1.165, 1.54) is 0 Å². The fourth-order valence-electron chi connectivity index (χ4n) is 0.936. The van der Waals surface area contributed by atoms with Crippen LogP contribution in [0, 0.1) is 0 Å². The van der Waals surface area contributed by atoms with E-state index in [1.54, 1.807) is 6.08 Å². The third-order valence-corrected chi connectivity index (χ3v) is 1.63. The van der Waals surface area contributed by atoms with Crippen LogP contribution in [-0.2, 0) is 9.53 Å². The Morgan fingerprint density at radius 1 is 1.25 bits per heavy atom. The summed E-state index contributed by atoms with van der Waals surface area (Å²) >= 11 is 0. The number of hydrogen-bond acceptors (Lipinski definition) is 2. The SMILES string of the molecule is CCOCC.O=C(O)C=Cc1ccccc1. The van der Waals surface area contributed by atoms with Crippen molar-refractivity contribution in [2.75, 3.05) is 13.2 Å². The molecule has 0 unspecified atom stereocenters. The van der Waals surface area contributed by atoms with Crippen LogP contribution in [0.3, 0.4) is 0 Å². The lowest BCUT2D eigenvalue weighted by molar-refractivity contribution is -0.131. The van der Waals surface area contributed by atoms with Gasteiger partial charge in [-0.1, -0.05) is 30.3 Å². The summed E-state index contributed by atoms with van der Waals surface area (Å²) in [6, 6.07) is 9.31. The zero-order valence-corrected chi connectivity index (χ0v) is 9.72. The van der Waals surface area contributed by atoms with Gasteiger partial charge in [0.05, 0.1) is 0 Å². The molecule has 88 valence electrons. The first-order valence-corrected chi connectivity index (χ1v) is 5.24. The van der Waals surface area contributed by atoms with Gasteiger partial charge in [0.2, 0.25) is 0 Å². The van der Waals surface area contributed by atoms with E-state index in [9.17, 15) is 4.79 Å². The number of carboxylic acid groups (broad SMARTS) is 1. The van der Waals surface area contributed by atoms with E-state index >= 15 is 0 Å². The molecule has 1 N–H and O–H groups in total. The van der Waals surface area contributed by atoms with Gasteiger partial charge in [-0.05, 0) is 25.5 Å². The first-order valence-electron chi connectivity index (χ1n) is 5.24. The molecule has 1 rings (SSSR count). The smallest absolute Gasteiger partial charge is 0.328 e. The van der Waals surface area contributed by atoms with Gasteiger partial charge in [-0.2, -0.15) is 0 Å². The molecular formula is C13H18O3. The van der Waals surface area contributed by atoms with Gasteiger partial charge in [0, 0.05) is 19.3 Å². The zero-order valence-electron chi connectivity index (χ0n) is 9.72. The number of ether oxygens (including phenoxy) is 1. The maximum absolute atomic E-state index is 10.1. The zero-order chi connectivity index (χ0) is 12.2. The number of hydrogen-bond donors (Lipinski definition) is 1. The van der Waals surface area contributed by atoms with Gasteiger partial charge >= 0.3 is 5.97 Å². The summed E-state index contributed by atoms with van der Waals surface area (Å²) in [7, 11) is 0. The second kappa shape index (κ2) is 9.93. The first-order chi connectivity index (χ1) is 7.70. The van der Waals surface area contributed by atoms with E-state index in [-0.39, 0.29) is 0 Å². The van der Waals surface area contributed by atoms with Crippen molar-refractivity contribution in [1.29, 1.82) is 0 Å². The highest BCUT2D eigenvalue weighted by atomic mass is 16.5. The summed E-state index contributed by atoms with van der Waals surface area (Å²) in [5.74, 6) is -0.922. The van der Waals surface area contributed by atoms with Crippen molar-refractivity contribution >= 4 is 12.0 Å². The number of rotatable bonds is 4. The van der Waals surface area contributed by atoms with E-state index in [0.29, 0.717) is 0 Å². The lowest BCUT2D eigenvalue weighted by Crippen LogP contribution is -1.85. The van der Waals surface area contributed by atoms with Gasteiger partial charge in [0.25, 0.3) is 0 Å². The Balaban J connectivity index is 0.000000385. The molecule has 1 aromatic carbocycles. The van der Waals surface area contributed by atoms with Crippen molar-refractivity contribution in [3.8, 4) is 0 Å². The second-order valence-electron chi connectivity index (χ2n) is 2.86. The number of carbonyl (C=O) groups is 1. The Bertz CT molecular complexity index is 302. The second-order valence-corrected chi connectivity index (χ2v) is 2.86. The predicted octanol–water partition coefficient (Wildman–Crippen LogP) is 2.83. The minimum atomic E-state index is -0.922. The maximum atomic E-state index is 10.1. The monoisotopic (exact) mass is 222 g/mol. The first kappa shape index (κ1) is 14.4. The van der Waals surface area contributed by atoms with Crippen LogP contribution in [0.4, 0.5) is 0 Å². The molecule has 0 aliphatic rings. The molecule has 0 bridgehead atoms. The third-order valence-electron chi connectivity index (χ3n) is 1.63. The summed E-state index contributed by atoms with van der Waals surface area (Å²) in [6.07, 6.45) is 2.68.